The van der Waals surface area contributed by atoms with Gasteiger partial charge in [-0.2, -0.15) is 0 Å². The van der Waals surface area contributed by atoms with Crippen LogP contribution in [0.5, 0.6) is 0 Å². The highest BCUT2D eigenvalue weighted by molar-refractivity contribution is 5.98. The average Bonchev–Trinajstić information content (AvgIpc) is 3.03. The van der Waals surface area contributed by atoms with Crippen molar-refractivity contribution in [3.63, 3.8) is 0 Å². The van der Waals surface area contributed by atoms with Crippen LogP contribution in [0.2, 0.25) is 0 Å². The van der Waals surface area contributed by atoms with E-state index in [1.807, 2.05) is 35.4 Å². The number of hydrogen-bond donors (Lipinski definition) is 1. The molecule has 128 valence electrons. The zero-order chi connectivity index (χ0) is 17.2. The number of carbonyl (C=O) groups is 1. The molecule has 4 rings (SSSR count). The van der Waals surface area contributed by atoms with Crippen LogP contribution in [0, 0.1) is 6.92 Å². The summed E-state index contributed by atoms with van der Waals surface area (Å²) in [4.78, 5) is 20.5. The van der Waals surface area contributed by atoms with Gasteiger partial charge in [0.1, 0.15) is 0 Å². The predicted molar refractivity (Wildman–Crippen MR) is 101 cm³/mol. The highest BCUT2D eigenvalue weighted by Crippen LogP contribution is 2.20. The Morgan fingerprint density at radius 2 is 1.80 bits per heavy atom. The zero-order valence-corrected chi connectivity index (χ0v) is 14.5. The van der Waals surface area contributed by atoms with E-state index in [0.717, 1.165) is 49.2 Å². The standard InChI is InChI=1S/C21H23N3O/c1-16-14-22-20-8-7-18(13-19(16)20)21(25)24-11-9-23(10-12-24)15-17-5-3-2-4-6-17/h2-8,13-14,22H,9-12,15H2,1H3. The number of rotatable bonds is 3. The molecule has 1 aliphatic rings. The summed E-state index contributed by atoms with van der Waals surface area (Å²) in [6, 6.07) is 16.5. The molecule has 0 unspecified atom stereocenters. The van der Waals surface area contributed by atoms with Crippen LogP contribution in [0.4, 0.5) is 0 Å². The summed E-state index contributed by atoms with van der Waals surface area (Å²) in [5, 5.41) is 1.13. The first-order valence-corrected chi connectivity index (χ1v) is 8.84. The maximum Gasteiger partial charge on any atom is 0.253 e. The smallest absolute Gasteiger partial charge is 0.253 e. The van der Waals surface area contributed by atoms with Gasteiger partial charge in [-0.05, 0) is 36.2 Å². The lowest BCUT2D eigenvalue weighted by atomic mass is 10.1. The van der Waals surface area contributed by atoms with E-state index in [0.29, 0.717) is 0 Å². The molecular formula is C21H23N3O. The van der Waals surface area contributed by atoms with Gasteiger partial charge in [-0.25, -0.2) is 0 Å². The first-order chi connectivity index (χ1) is 12.2. The van der Waals surface area contributed by atoms with Crippen molar-refractivity contribution in [1.29, 1.82) is 0 Å². The molecule has 0 saturated carbocycles. The molecule has 1 amide bonds. The van der Waals surface area contributed by atoms with E-state index < -0.39 is 0 Å². The maximum atomic E-state index is 12.8. The number of aromatic nitrogens is 1. The molecule has 0 bridgehead atoms. The van der Waals surface area contributed by atoms with Crippen molar-refractivity contribution in [2.75, 3.05) is 26.2 Å². The van der Waals surface area contributed by atoms with Crippen molar-refractivity contribution >= 4 is 16.8 Å². The molecule has 0 aliphatic carbocycles. The number of nitrogens with one attached hydrogen (secondary N) is 1. The van der Waals surface area contributed by atoms with Gasteiger partial charge in [-0.3, -0.25) is 9.69 Å². The fourth-order valence-corrected chi connectivity index (χ4v) is 3.53. The Kier molecular flexibility index (Phi) is 4.28. The third-order valence-electron chi connectivity index (χ3n) is 5.04. The number of fused-ring (bicyclic) bond motifs is 1. The van der Waals surface area contributed by atoms with Gasteiger partial charge in [0.25, 0.3) is 5.91 Å². The second-order valence-corrected chi connectivity index (χ2v) is 6.79. The molecule has 1 saturated heterocycles. The minimum absolute atomic E-state index is 0.141. The van der Waals surface area contributed by atoms with Crippen molar-refractivity contribution in [2.24, 2.45) is 0 Å². The van der Waals surface area contributed by atoms with Crippen LogP contribution in [-0.2, 0) is 6.54 Å². The largest absolute Gasteiger partial charge is 0.361 e. The Morgan fingerprint density at radius 1 is 1.04 bits per heavy atom. The fourth-order valence-electron chi connectivity index (χ4n) is 3.53. The lowest BCUT2D eigenvalue weighted by Crippen LogP contribution is -2.48. The molecule has 1 aromatic heterocycles. The van der Waals surface area contributed by atoms with Crippen LogP contribution in [0.1, 0.15) is 21.5 Å². The molecule has 4 nitrogen and oxygen atoms in total. The number of benzene rings is 2. The monoisotopic (exact) mass is 333 g/mol. The quantitative estimate of drug-likeness (QED) is 0.797. The van der Waals surface area contributed by atoms with Crippen molar-refractivity contribution in [1.82, 2.24) is 14.8 Å². The number of H-pyrrole nitrogens is 1. The Hall–Kier alpha value is -2.59. The topological polar surface area (TPSA) is 39.3 Å². The molecule has 0 spiro atoms. The van der Waals surface area contributed by atoms with Gasteiger partial charge in [-0.15, -0.1) is 0 Å². The van der Waals surface area contributed by atoms with E-state index in [9.17, 15) is 4.79 Å². The normalized spacial score (nSPS) is 15.6. The molecule has 1 aliphatic heterocycles. The third kappa shape index (κ3) is 3.30. The molecule has 0 atom stereocenters. The number of hydrogen-bond acceptors (Lipinski definition) is 2. The van der Waals surface area contributed by atoms with Gasteiger partial charge < -0.3 is 9.88 Å². The van der Waals surface area contributed by atoms with Gasteiger partial charge in [-0.1, -0.05) is 30.3 Å². The molecule has 3 aromatic rings. The second kappa shape index (κ2) is 6.73. The first kappa shape index (κ1) is 15.9. The number of aryl methyl sites for hydroxylation is 1. The van der Waals surface area contributed by atoms with Gasteiger partial charge in [0, 0.05) is 55.4 Å². The van der Waals surface area contributed by atoms with Crippen LogP contribution < -0.4 is 0 Å². The molecule has 0 radical (unpaired) electrons. The predicted octanol–water partition coefficient (Wildman–Crippen LogP) is 3.43. The summed E-state index contributed by atoms with van der Waals surface area (Å²) in [6.45, 7) is 6.44. The van der Waals surface area contributed by atoms with Crippen molar-refractivity contribution < 1.29 is 4.79 Å². The van der Waals surface area contributed by atoms with E-state index >= 15 is 0 Å². The highest BCUT2D eigenvalue weighted by Gasteiger charge is 2.22. The molecule has 1 N–H and O–H groups in total. The molecule has 2 aromatic carbocycles. The lowest BCUT2D eigenvalue weighted by molar-refractivity contribution is 0.0628. The van der Waals surface area contributed by atoms with Crippen LogP contribution >= 0.6 is 0 Å². The minimum Gasteiger partial charge on any atom is -0.361 e. The summed E-state index contributed by atoms with van der Waals surface area (Å²) in [6.07, 6.45) is 1.99. The SMILES string of the molecule is Cc1c[nH]c2ccc(C(=O)N3CCN(Cc4ccccc4)CC3)cc12. The van der Waals surface area contributed by atoms with Crippen LogP contribution in [0.15, 0.2) is 54.7 Å². The van der Waals surface area contributed by atoms with E-state index in [-0.39, 0.29) is 5.91 Å². The molecular weight excluding hydrogens is 310 g/mol. The Balaban J connectivity index is 1.41. The van der Waals surface area contributed by atoms with Crippen LogP contribution in [-0.4, -0.2) is 46.9 Å². The number of nitrogens with zero attached hydrogens (tertiary/aromatic N) is 2. The number of aromatic amines is 1. The fraction of sp³-hybridized carbons (Fsp3) is 0.286. The molecule has 4 heteroatoms. The van der Waals surface area contributed by atoms with Gasteiger partial charge in [0.2, 0.25) is 0 Å². The summed E-state index contributed by atoms with van der Waals surface area (Å²) in [5.74, 6) is 0.141. The summed E-state index contributed by atoms with van der Waals surface area (Å²) in [7, 11) is 0. The van der Waals surface area contributed by atoms with Crippen LogP contribution in [0.25, 0.3) is 10.9 Å². The number of amides is 1. The molecule has 2 heterocycles. The van der Waals surface area contributed by atoms with E-state index in [1.54, 1.807) is 0 Å². The number of carbonyl (C=O) groups excluding carboxylic acids is 1. The van der Waals surface area contributed by atoms with Gasteiger partial charge in [0.15, 0.2) is 0 Å². The minimum atomic E-state index is 0.141. The Labute approximate surface area is 148 Å². The maximum absolute atomic E-state index is 12.8. The Morgan fingerprint density at radius 3 is 2.56 bits per heavy atom. The molecule has 1 fully saturated rings. The van der Waals surface area contributed by atoms with Crippen molar-refractivity contribution in [3.8, 4) is 0 Å². The van der Waals surface area contributed by atoms with E-state index in [1.165, 1.54) is 11.1 Å². The molecule has 25 heavy (non-hydrogen) atoms. The summed E-state index contributed by atoms with van der Waals surface area (Å²) >= 11 is 0. The summed E-state index contributed by atoms with van der Waals surface area (Å²) < 4.78 is 0. The Bertz CT molecular complexity index is 877. The van der Waals surface area contributed by atoms with Crippen molar-refractivity contribution in [3.05, 3.63) is 71.4 Å². The number of piperazine rings is 1. The third-order valence-corrected chi connectivity index (χ3v) is 5.04. The average molecular weight is 333 g/mol. The van der Waals surface area contributed by atoms with Gasteiger partial charge >= 0.3 is 0 Å². The second-order valence-electron chi connectivity index (χ2n) is 6.79. The lowest BCUT2D eigenvalue weighted by Gasteiger charge is -2.34. The van der Waals surface area contributed by atoms with E-state index in [4.69, 9.17) is 0 Å². The van der Waals surface area contributed by atoms with E-state index in [2.05, 4.69) is 41.1 Å². The van der Waals surface area contributed by atoms with Gasteiger partial charge in [0.05, 0.1) is 0 Å². The highest BCUT2D eigenvalue weighted by atomic mass is 16.2. The zero-order valence-electron chi connectivity index (χ0n) is 14.5. The summed E-state index contributed by atoms with van der Waals surface area (Å²) in [5.41, 5.74) is 4.38. The van der Waals surface area contributed by atoms with Crippen LogP contribution in [0.3, 0.4) is 0 Å². The first-order valence-electron chi connectivity index (χ1n) is 8.84. The van der Waals surface area contributed by atoms with Crippen molar-refractivity contribution in [2.45, 2.75) is 13.5 Å².